The highest BCUT2D eigenvalue weighted by atomic mass is 79.9. The lowest BCUT2D eigenvalue weighted by atomic mass is 10.1. The summed E-state index contributed by atoms with van der Waals surface area (Å²) in [5.41, 5.74) is -0.281. The van der Waals surface area contributed by atoms with Crippen molar-refractivity contribution in [1.82, 2.24) is 10.2 Å². The van der Waals surface area contributed by atoms with Crippen LogP contribution in [0.5, 0.6) is 0 Å². The molecule has 0 aliphatic carbocycles. The molecule has 0 radical (unpaired) electrons. The standard InChI is InChI=1S/C11H7BrF2N2O2/c1-18-11(17)9-4-8(15-16-9)10-6(13)2-5(12)3-7(10)14/h2-4H,1H3,(H,15,16). The number of carbonyl (C=O) groups excluding carboxylic acids is 1. The number of nitrogens with zero attached hydrogens (tertiary/aromatic N) is 1. The molecule has 0 unspecified atom stereocenters. The van der Waals surface area contributed by atoms with Crippen molar-refractivity contribution < 1.29 is 18.3 Å². The number of carbonyl (C=O) groups is 1. The lowest BCUT2D eigenvalue weighted by Crippen LogP contribution is -2.00. The fourth-order valence-corrected chi connectivity index (χ4v) is 1.85. The highest BCUT2D eigenvalue weighted by Crippen LogP contribution is 2.28. The van der Waals surface area contributed by atoms with Crippen LogP contribution >= 0.6 is 15.9 Å². The van der Waals surface area contributed by atoms with Gasteiger partial charge in [-0.05, 0) is 18.2 Å². The maximum absolute atomic E-state index is 13.6. The zero-order chi connectivity index (χ0) is 13.3. The van der Waals surface area contributed by atoms with Crippen LogP contribution in [0.2, 0.25) is 0 Å². The first-order chi connectivity index (χ1) is 8.52. The van der Waals surface area contributed by atoms with Crippen molar-refractivity contribution in [3.05, 3.63) is 40.0 Å². The van der Waals surface area contributed by atoms with E-state index in [9.17, 15) is 13.6 Å². The Kier molecular flexibility index (Phi) is 3.42. The molecule has 0 spiro atoms. The van der Waals surface area contributed by atoms with Gasteiger partial charge in [-0.15, -0.1) is 0 Å². The van der Waals surface area contributed by atoms with Crippen molar-refractivity contribution in [2.45, 2.75) is 0 Å². The second-order valence-electron chi connectivity index (χ2n) is 3.40. The third kappa shape index (κ3) is 2.26. The molecule has 1 N–H and O–H groups in total. The zero-order valence-corrected chi connectivity index (χ0v) is 10.7. The quantitative estimate of drug-likeness (QED) is 0.867. The van der Waals surface area contributed by atoms with Gasteiger partial charge in [0.15, 0.2) is 0 Å². The van der Waals surface area contributed by atoms with Crippen LogP contribution in [0.3, 0.4) is 0 Å². The molecular weight excluding hydrogens is 310 g/mol. The number of aromatic amines is 1. The summed E-state index contributed by atoms with van der Waals surface area (Å²) in [6.45, 7) is 0. The van der Waals surface area contributed by atoms with E-state index in [2.05, 4.69) is 30.9 Å². The number of hydrogen-bond donors (Lipinski definition) is 1. The molecule has 0 aliphatic heterocycles. The number of H-pyrrole nitrogens is 1. The van der Waals surface area contributed by atoms with Crippen molar-refractivity contribution >= 4 is 21.9 Å². The topological polar surface area (TPSA) is 55.0 Å². The summed E-state index contributed by atoms with van der Waals surface area (Å²) in [4.78, 5) is 11.2. The minimum Gasteiger partial charge on any atom is -0.464 e. The molecule has 0 amide bonds. The van der Waals surface area contributed by atoms with E-state index in [1.54, 1.807) is 0 Å². The lowest BCUT2D eigenvalue weighted by Gasteiger charge is -2.01. The molecule has 2 aromatic rings. The van der Waals surface area contributed by atoms with Gasteiger partial charge >= 0.3 is 5.97 Å². The smallest absolute Gasteiger partial charge is 0.356 e. The van der Waals surface area contributed by atoms with Gasteiger partial charge in [-0.2, -0.15) is 5.10 Å². The summed E-state index contributed by atoms with van der Waals surface area (Å²) in [5, 5.41) is 6.04. The minimum absolute atomic E-state index is 0.00194. The third-order valence-corrected chi connectivity index (χ3v) is 2.70. The van der Waals surface area contributed by atoms with E-state index in [-0.39, 0.29) is 21.4 Å². The molecule has 18 heavy (non-hydrogen) atoms. The Labute approximate surface area is 109 Å². The Bertz CT molecular complexity index is 590. The normalized spacial score (nSPS) is 10.4. The number of methoxy groups -OCH3 is 1. The molecule has 0 aliphatic rings. The highest BCUT2D eigenvalue weighted by molar-refractivity contribution is 9.10. The molecule has 94 valence electrons. The van der Waals surface area contributed by atoms with Crippen molar-refractivity contribution in [2.75, 3.05) is 7.11 Å². The first kappa shape index (κ1) is 12.7. The molecule has 2 rings (SSSR count). The van der Waals surface area contributed by atoms with Crippen LogP contribution in [0.1, 0.15) is 10.5 Å². The summed E-state index contributed by atoms with van der Waals surface area (Å²) in [7, 11) is 1.20. The van der Waals surface area contributed by atoms with Gasteiger partial charge in [-0.3, -0.25) is 5.10 Å². The predicted molar refractivity (Wildman–Crippen MR) is 63.0 cm³/mol. The average molecular weight is 317 g/mol. The fraction of sp³-hybridized carbons (Fsp3) is 0.0909. The minimum atomic E-state index is -0.773. The Morgan fingerprint density at radius 2 is 1.94 bits per heavy atom. The molecule has 0 saturated heterocycles. The zero-order valence-electron chi connectivity index (χ0n) is 9.13. The first-order valence-electron chi connectivity index (χ1n) is 4.81. The van der Waals surface area contributed by atoms with E-state index >= 15 is 0 Å². The molecular formula is C11H7BrF2N2O2. The Morgan fingerprint density at radius 3 is 2.50 bits per heavy atom. The van der Waals surface area contributed by atoms with Crippen molar-refractivity contribution in [1.29, 1.82) is 0 Å². The number of hydrogen-bond acceptors (Lipinski definition) is 3. The van der Waals surface area contributed by atoms with Crippen molar-refractivity contribution in [3.8, 4) is 11.3 Å². The van der Waals surface area contributed by atoms with Crippen molar-refractivity contribution in [3.63, 3.8) is 0 Å². The van der Waals surface area contributed by atoms with E-state index in [1.165, 1.54) is 13.2 Å². The summed E-state index contributed by atoms with van der Waals surface area (Å²) in [6, 6.07) is 3.46. The number of esters is 1. The molecule has 0 saturated carbocycles. The summed E-state index contributed by atoms with van der Waals surface area (Å²) in [5.74, 6) is -2.21. The van der Waals surface area contributed by atoms with Gasteiger partial charge in [-0.25, -0.2) is 13.6 Å². The van der Waals surface area contributed by atoms with Gasteiger partial charge in [-0.1, -0.05) is 15.9 Å². The van der Waals surface area contributed by atoms with E-state index < -0.39 is 17.6 Å². The van der Waals surface area contributed by atoms with Crippen molar-refractivity contribution in [2.24, 2.45) is 0 Å². The number of ether oxygens (including phenoxy) is 1. The fourth-order valence-electron chi connectivity index (χ4n) is 1.45. The molecule has 0 bridgehead atoms. The molecule has 0 atom stereocenters. The average Bonchev–Trinajstić information content (AvgIpc) is 2.76. The Hall–Kier alpha value is -1.76. The molecule has 1 aromatic carbocycles. The van der Waals surface area contributed by atoms with Gasteiger partial charge < -0.3 is 4.74 Å². The third-order valence-electron chi connectivity index (χ3n) is 2.25. The van der Waals surface area contributed by atoms with Crippen LogP contribution in [-0.4, -0.2) is 23.3 Å². The monoisotopic (exact) mass is 316 g/mol. The van der Waals surface area contributed by atoms with Gasteiger partial charge in [0.2, 0.25) is 0 Å². The molecule has 7 heteroatoms. The Morgan fingerprint density at radius 1 is 1.33 bits per heavy atom. The second kappa shape index (κ2) is 4.85. The van der Waals surface area contributed by atoms with E-state index in [0.29, 0.717) is 0 Å². The Balaban J connectivity index is 2.49. The highest BCUT2D eigenvalue weighted by Gasteiger charge is 2.18. The molecule has 1 heterocycles. The van der Waals surface area contributed by atoms with Crippen LogP contribution in [-0.2, 0) is 4.74 Å². The first-order valence-corrected chi connectivity index (χ1v) is 5.61. The van der Waals surface area contributed by atoms with Crippen LogP contribution < -0.4 is 0 Å². The summed E-state index contributed by atoms with van der Waals surface area (Å²) < 4.78 is 32.0. The van der Waals surface area contributed by atoms with E-state index in [0.717, 1.165) is 12.1 Å². The molecule has 4 nitrogen and oxygen atoms in total. The van der Waals surface area contributed by atoms with Crippen LogP contribution in [0.4, 0.5) is 8.78 Å². The SMILES string of the molecule is COC(=O)c1cc(-c2c(F)cc(Br)cc2F)n[nH]1. The largest absolute Gasteiger partial charge is 0.464 e. The van der Waals surface area contributed by atoms with E-state index in [4.69, 9.17) is 0 Å². The molecule has 0 fully saturated rings. The number of rotatable bonds is 2. The van der Waals surface area contributed by atoms with Gasteiger partial charge in [0, 0.05) is 4.47 Å². The maximum atomic E-state index is 13.6. The lowest BCUT2D eigenvalue weighted by molar-refractivity contribution is 0.0594. The molecule has 1 aromatic heterocycles. The van der Waals surface area contributed by atoms with Gasteiger partial charge in [0.1, 0.15) is 17.3 Å². The van der Waals surface area contributed by atoms with E-state index in [1.807, 2.05) is 0 Å². The number of nitrogens with one attached hydrogen (secondary N) is 1. The predicted octanol–water partition coefficient (Wildman–Crippen LogP) is 2.90. The number of aromatic nitrogens is 2. The number of halogens is 3. The van der Waals surface area contributed by atoms with Crippen LogP contribution in [0, 0.1) is 11.6 Å². The van der Waals surface area contributed by atoms with Crippen LogP contribution in [0.25, 0.3) is 11.3 Å². The van der Waals surface area contributed by atoms with Gasteiger partial charge in [0.05, 0.1) is 18.4 Å². The van der Waals surface area contributed by atoms with Gasteiger partial charge in [0.25, 0.3) is 0 Å². The second-order valence-corrected chi connectivity index (χ2v) is 4.32. The summed E-state index contributed by atoms with van der Waals surface area (Å²) in [6.07, 6.45) is 0. The summed E-state index contributed by atoms with van der Waals surface area (Å²) >= 11 is 2.98. The maximum Gasteiger partial charge on any atom is 0.356 e. The van der Waals surface area contributed by atoms with Crippen LogP contribution in [0.15, 0.2) is 22.7 Å². The number of benzene rings is 1.